The van der Waals surface area contributed by atoms with Crippen LogP contribution in [0, 0.1) is 11.8 Å². The summed E-state index contributed by atoms with van der Waals surface area (Å²) in [5.41, 5.74) is 2.33. The Labute approximate surface area is 128 Å². The second-order valence-corrected chi connectivity index (χ2v) is 4.57. The fourth-order valence-electron chi connectivity index (χ4n) is 2.11. The molecule has 3 aromatic rings. The van der Waals surface area contributed by atoms with Crippen molar-refractivity contribution < 1.29 is 9.53 Å². The molecule has 0 atom stereocenters. The van der Waals surface area contributed by atoms with Crippen LogP contribution in [0.4, 0.5) is 0 Å². The van der Waals surface area contributed by atoms with Gasteiger partial charge in [0, 0.05) is 11.8 Å². The first-order chi connectivity index (χ1) is 10.8. The van der Waals surface area contributed by atoms with Crippen LogP contribution in [-0.2, 0) is 4.74 Å². The highest BCUT2D eigenvalue weighted by Crippen LogP contribution is 2.13. The molecule has 0 aliphatic rings. The highest BCUT2D eigenvalue weighted by atomic mass is 16.5. The second kappa shape index (κ2) is 6.15. The van der Waals surface area contributed by atoms with E-state index in [4.69, 9.17) is 4.74 Å². The van der Waals surface area contributed by atoms with Crippen molar-refractivity contribution in [1.82, 2.24) is 9.38 Å². The van der Waals surface area contributed by atoms with Crippen LogP contribution >= 0.6 is 0 Å². The maximum atomic E-state index is 12.1. The van der Waals surface area contributed by atoms with E-state index in [0.29, 0.717) is 17.9 Å². The van der Waals surface area contributed by atoms with E-state index in [2.05, 4.69) is 16.8 Å². The minimum Gasteiger partial charge on any atom is -0.461 e. The van der Waals surface area contributed by atoms with Crippen molar-refractivity contribution in [1.29, 1.82) is 0 Å². The molecule has 22 heavy (non-hydrogen) atoms. The number of aromatic nitrogens is 2. The average molecular weight is 290 g/mol. The van der Waals surface area contributed by atoms with Gasteiger partial charge in [0.15, 0.2) is 5.69 Å². The van der Waals surface area contributed by atoms with Crippen LogP contribution in [0.3, 0.4) is 0 Å². The van der Waals surface area contributed by atoms with Gasteiger partial charge >= 0.3 is 5.97 Å². The van der Waals surface area contributed by atoms with Crippen molar-refractivity contribution in [2.75, 3.05) is 6.61 Å². The minimum atomic E-state index is -0.455. The fourth-order valence-corrected chi connectivity index (χ4v) is 2.11. The molecule has 2 heterocycles. The first-order valence-electron chi connectivity index (χ1n) is 7.01. The summed E-state index contributed by atoms with van der Waals surface area (Å²) in [6, 6.07) is 15.2. The van der Waals surface area contributed by atoms with E-state index < -0.39 is 5.97 Å². The smallest absolute Gasteiger partial charge is 0.359 e. The van der Waals surface area contributed by atoms with Crippen LogP contribution in [0.5, 0.6) is 0 Å². The lowest BCUT2D eigenvalue weighted by molar-refractivity contribution is 0.0520. The van der Waals surface area contributed by atoms with Crippen LogP contribution in [0.25, 0.3) is 5.65 Å². The Balaban J connectivity index is 2.12. The van der Waals surface area contributed by atoms with Gasteiger partial charge in [-0.25, -0.2) is 9.78 Å². The molecule has 0 amide bonds. The second-order valence-electron chi connectivity index (χ2n) is 4.57. The van der Waals surface area contributed by atoms with Gasteiger partial charge in [0.2, 0.25) is 0 Å². The number of fused-ring (bicyclic) bond motifs is 1. The van der Waals surface area contributed by atoms with Crippen molar-refractivity contribution in [2.45, 2.75) is 6.92 Å². The first kappa shape index (κ1) is 13.9. The predicted octanol–water partition coefficient (Wildman–Crippen LogP) is 2.91. The van der Waals surface area contributed by atoms with Crippen LogP contribution in [-0.4, -0.2) is 22.0 Å². The highest BCUT2D eigenvalue weighted by molar-refractivity contribution is 5.91. The topological polar surface area (TPSA) is 43.6 Å². The predicted molar refractivity (Wildman–Crippen MR) is 83.6 cm³/mol. The molecule has 108 valence electrons. The minimum absolute atomic E-state index is 0.247. The monoisotopic (exact) mass is 290 g/mol. The average Bonchev–Trinajstić information content (AvgIpc) is 2.93. The molecular formula is C18H14N2O2. The normalized spacial score (nSPS) is 10.0. The Kier molecular flexibility index (Phi) is 3.88. The molecule has 0 aliphatic heterocycles. The number of rotatable bonds is 2. The van der Waals surface area contributed by atoms with Crippen molar-refractivity contribution in [3.63, 3.8) is 0 Å². The Morgan fingerprint density at radius 2 is 1.91 bits per heavy atom. The van der Waals surface area contributed by atoms with Gasteiger partial charge in [-0.1, -0.05) is 30.2 Å². The van der Waals surface area contributed by atoms with E-state index in [-0.39, 0.29) is 5.69 Å². The maximum Gasteiger partial charge on any atom is 0.359 e. The number of carbonyl (C=O) groups excluding carboxylic acids is 1. The molecular weight excluding hydrogens is 276 g/mol. The zero-order valence-corrected chi connectivity index (χ0v) is 12.1. The molecule has 0 radical (unpaired) electrons. The van der Waals surface area contributed by atoms with Gasteiger partial charge in [0.25, 0.3) is 0 Å². The third kappa shape index (κ3) is 2.70. The first-order valence-corrected chi connectivity index (χ1v) is 7.01. The lowest BCUT2D eigenvalue weighted by Crippen LogP contribution is -2.07. The van der Waals surface area contributed by atoms with E-state index in [1.807, 2.05) is 54.7 Å². The highest BCUT2D eigenvalue weighted by Gasteiger charge is 2.18. The molecule has 3 rings (SSSR count). The number of ether oxygens (including phenoxy) is 1. The van der Waals surface area contributed by atoms with E-state index >= 15 is 0 Å². The van der Waals surface area contributed by atoms with Gasteiger partial charge in [-0.15, -0.1) is 0 Å². The Morgan fingerprint density at radius 3 is 2.68 bits per heavy atom. The summed E-state index contributed by atoms with van der Waals surface area (Å²) in [6.07, 6.45) is 1.83. The third-order valence-corrected chi connectivity index (χ3v) is 3.10. The fraction of sp³-hybridized carbons (Fsp3) is 0.111. The number of nitrogens with zero attached hydrogens (tertiary/aromatic N) is 2. The number of benzene rings is 1. The quantitative estimate of drug-likeness (QED) is 0.538. The molecule has 2 aromatic heterocycles. The van der Waals surface area contributed by atoms with Gasteiger partial charge in [-0.3, -0.25) is 4.40 Å². The van der Waals surface area contributed by atoms with Gasteiger partial charge in [-0.2, -0.15) is 0 Å². The molecule has 0 bridgehead atoms. The van der Waals surface area contributed by atoms with Crippen LogP contribution in [0.15, 0.2) is 54.7 Å². The van der Waals surface area contributed by atoms with Crippen molar-refractivity contribution in [2.24, 2.45) is 0 Å². The largest absolute Gasteiger partial charge is 0.461 e. The van der Waals surface area contributed by atoms with Gasteiger partial charge in [0.05, 0.1) is 6.61 Å². The van der Waals surface area contributed by atoms with E-state index in [1.54, 1.807) is 11.3 Å². The Bertz CT molecular complexity index is 870. The number of hydrogen-bond acceptors (Lipinski definition) is 3. The molecule has 0 saturated heterocycles. The lowest BCUT2D eigenvalue weighted by atomic mass is 10.2. The van der Waals surface area contributed by atoms with Crippen molar-refractivity contribution >= 4 is 11.6 Å². The van der Waals surface area contributed by atoms with E-state index in [9.17, 15) is 4.79 Å². The summed E-state index contributed by atoms with van der Waals surface area (Å²) in [6.45, 7) is 2.07. The summed E-state index contributed by atoms with van der Waals surface area (Å²) in [4.78, 5) is 16.4. The molecule has 4 heteroatoms. The number of esters is 1. The maximum absolute atomic E-state index is 12.1. The summed E-state index contributed by atoms with van der Waals surface area (Å²) < 4.78 is 6.86. The molecule has 4 nitrogen and oxygen atoms in total. The SMILES string of the molecule is CCOC(=O)c1nc2ccccn2c1C#Cc1ccccc1. The third-order valence-electron chi connectivity index (χ3n) is 3.10. The zero-order chi connectivity index (χ0) is 15.4. The standard InChI is InChI=1S/C18H14N2O2/c1-2-22-18(21)17-15(12-11-14-8-4-3-5-9-14)20-13-7-6-10-16(20)19-17/h3-10,13H,2H2,1H3. The summed E-state index contributed by atoms with van der Waals surface area (Å²) >= 11 is 0. The molecule has 0 N–H and O–H groups in total. The summed E-state index contributed by atoms with van der Waals surface area (Å²) in [5.74, 6) is 5.64. The van der Waals surface area contributed by atoms with Crippen molar-refractivity contribution in [3.05, 3.63) is 71.7 Å². The van der Waals surface area contributed by atoms with Crippen LogP contribution in [0.2, 0.25) is 0 Å². The van der Waals surface area contributed by atoms with Gasteiger partial charge in [0.1, 0.15) is 11.3 Å². The zero-order valence-electron chi connectivity index (χ0n) is 12.1. The number of imidazole rings is 1. The van der Waals surface area contributed by atoms with Crippen molar-refractivity contribution in [3.8, 4) is 11.8 Å². The lowest BCUT2D eigenvalue weighted by Gasteiger charge is -1.98. The number of carbonyl (C=O) groups is 1. The Hall–Kier alpha value is -3.06. The number of hydrogen-bond donors (Lipinski definition) is 0. The molecule has 1 aromatic carbocycles. The molecule has 0 spiro atoms. The molecule has 0 fully saturated rings. The molecule has 0 unspecified atom stereocenters. The Morgan fingerprint density at radius 1 is 1.14 bits per heavy atom. The van der Waals surface area contributed by atoms with Gasteiger partial charge in [-0.05, 0) is 37.1 Å². The van der Waals surface area contributed by atoms with Crippen LogP contribution in [0.1, 0.15) is 28.7 Å². The van der Waals surface area contributed by atoms with Gasteiger partial charge < -0.3 is 4.74 Å². The van der Waals surface area contributed by atoms with Crippen LogP contribution < -0.4 is 0 Å². The molecule has 0 saturated carbocycles. The summed E-state index contributed by atoms with van der Waals surface area (Å²) in [5, 5.41) is 0. The van der Waals surface area contributed by atoms with E-state index in [1.165, 1.54) is 0 Å². The van der Waals surface area contributed by atoms with E-state index in [0.717, 1.165) is 5.56 Å². The summed E-state index contributed by atoms with van der Waals surface area (Å²) in [7, 11) is 0. The number of pyridine rings is 1. The molecule has 0 aliphatic carbocycles.